The highest BCUT2D eigenvalue weighted by molar-refractivity contribution is 6.22. The van der Waals surface area contributed by atoms with Gasteiger partial charge in [0, 0.05) is 11.1 Å². The van der Waals surface area contributed by atoms with E-state index in [1.165, 1.54) is 32.3 Å². The zero-order valence-electron chi connectivity index (χ0n) is 22.4. The van der Waals surface area contributed by atoms with Crippen LogP contribution in [0.15, 0.2) is 146 Å². The lowest BCUT2D eigenvalue weighted by molar-refractivity contribution is 0.0894. The maximum atomic E-state index is 12.5. The Morgan fingerprint density at radius 2 is 0.659 bits per heavy atom. The van der Waals surface area contributed by atoms with Crippen molar-refractivity contribution >= 4 is 65.4 Å². The number of benzene rings is 8. The van der Waals surface area contributed by atoms with E-state index in [2.05, 4.69) is 60.7 Å². The summed E-state index contributed by atoms with van der Waals surface area (Å²) in [7, 11) is 0. The molecular formula is C39H26O2. The van der Waals surface area contributed by atoms with Gasteiger partial charge in [-0.05, 0) is 66.0 Å². The molecule has 8 aromatic rings. The maximum absolute atomic E-state index is 12.5. The van der Waals surface area contributed by atoms with Crippen LogP contribution in [0, 0.1) is 0 Å². The molecule has 0 aliphatic rings. The molecule has 0 amide bonds. The van der Waals surface area contributed by atoms with Crippen LogP contribution >= 0.6 is 0 Å². The molecule has 8 aromatic carbocycles. The molecule has 0 spiro atoms. The number of rotatable bonds is 4. The normalized spacial score (nSPS) is 11.2. The molecule has 0 aliphatic heterocycles. The Labute approximate surface area is 237 Å². The van der Waals surface area contributed by atoms with Crippen molar-refractivity contribution in [1.29, 1.82) is 0 Å². The molecule has 0 fully saturated rings. The molecule has 2 nitrogen and oxygen atoms in total. The Kier molecular flexibility index (Phi) is 6.22. The third-order valence-corrected chi connectivity index (χ3v) is 7.86. The van der Waals surface area contributed by atoms with E-state index in [-0.39, 0.29) is 18.0 Å². The van der Waals surface area contributed by atoms with Crippen LogP contribution in [0.5, 0.6) is 0 Å². The van der Waals surface area contributed by atoms with E-state index in [0.717, 1.165) is 21.5 Å². The van der Waals surface area contributed by atoms with Crippen LogP contribution in [0.4, 0.5) is 0 Å². The quantitative estimate of drug-likeness (QED) is 0.130. The van der Waals surface area contributed by atoms with Gasteiger partial charge in [-0.2, -0.15) is 0 Å². The van der Waals surface area contributed by atoms with Crippen LogP contribution in [0.25, 0.3) is 53.9 Å². The summed E-state index contributed by atoms with van der Waals surface area (Å²) >= 11 is 0. The third kappa shape index (κ3) is 4.70. The highest BCUT2D eigenvalue weighted by Crippen LogP contribution is 2.33. The van der Waals surface area contributed by atoms with Gasteiger partial charge in [0.15, 0.2) is 11.6 Å². The third-order valence-electron chi connectivity index (χ3n) is 7.86. The number of ketones is 2. The van der Waals surface area contributed by atoms with Crippen molar-refractivity contribution in [2.45, 2.75) is 6.42 Å². The van der Waals surface area contributed by atoms with Gasteiger partial charge in [0.2, 0.25) is 0 Å². The Morgan fingerprint density at radius 1 is 0.341 bits per heavy atom. The van der Waals surface area contributed by atoms with Crippen molar-refractivity contribution in [3.63, 3.8) is 0 Å². The lowest BCUT2D eigenvalue weighted by Crippen LogP contribution is -2.08. The van der Waals surface area contributed by atoms with Crippen molar-refractivity contribution < 1.29 is 9.59 Å². The fourth-order valence-corrected chi connectivity index (χ4v) is 5.75. The van der Waals surface area contributed by atoms with E-state index < -0.39 is 0 Å². The second-order valence-corrected chi connectivity index (χ2v) is 10.4. The second kappa shape index (κ2) is 10.3. The number of carbonyl (C=O) groups excluding carboxylic acids is 2. The minimum absolute atomic E-state index is 0.114. The monoisotopic (exact) mass is 526 g/mol. The molecule has 0 saturated carbocycles. The van der Waals surface area contributed by atoms with Gasteiger partial charge in [-0.1, -0.05) is 133 Å². The summed E-state index contributed by atoms with van der Waals surface area (Å²) < 4.78 is 0. The smallest absolute Gasteiger partial charge is 0.170 e. The minimum Gasteiger partial charge on any atom is -0.294 e. The number of Topliss-reactive ketones (excluding diaryl/α,β-unsaturated/α-hetero) is 2. The molecule has 0 saturated heterocycles. The molecule has 194 valence electrons. The number of fused-ring (bicyclic) bond motifs is 2. The zero-order valence-corrected chi connectivity index (χ0v) is 22.4. The summed E-state index contributed by atoms with van der Waals surface area (Å²) in [5.74, 6) is -0.298. The molecule has 0 radical (unpaired) electrons. The molecule has 0 heterocycles. The van der Waals surface area contributed by atoms with Crippen molar-refractivity contribution in [1.82, 2.24) is 0 Å². The van der Waals surface area contributed by atoms with Crippen molar-refractivity contribution in [2.75, 3.05) is 0 Å². The van der Waals surface area contributed by atoms with Gasteiger partial charge >= 0.3 is 0 Å². The van der Waals surface area contributed by atoms with Crippen LogP contribution in [-0.2, 0) is 0 Å². The van der Waals surface area contributed by atoms with Crippen LogP contribution in [0.1, 0.15) is 27.1 Å². The lowest BCUT2D eigenvalue weighted by atomic mass is 9.95. The first-order chi connectivity index (χ1) is 20.1. The molecule has 0 unspecified atom stereocenters. The van der Waals surface area contributed by atoms with Gasteiger partial charge in [-0.15, -0.1) is 0 Å². The van der Waals surface area contributed by atoms with Crippen molar-refractivity contribution in [3.05, 3.63) is 157 Å². The van der Waals surface area contributed by atoms with Gasteiger partial charge in [-0.25, -0.2) is 0 Å². The summed E-state index contributed by atoms with van der Waals surface area (Å²) in [4.78, 5) is 25.0. The summed E-state index contributed by atoms with van der Waals surface area (Å²) in [6.07, 6.45) is -0.114. The molecule has 0 N–H and O–H groups in total. The Balaban J connectivity index is 0.000000147. The predicted octanol–water partition coefficient (Wildman–Crippen LogP) is 10.0. The fourth-order valence-electron chi connectivity index (χ4n) is 5.75. The molecular weight excluding hydrogens is 500 g/mol. The van der Waals surface area contributed by atoms with E-state index in [0.29, 0.717) is 11.1 Å². The predicted molar refractivity (Wildman–Crippen MR) is 171 cm³/mol. The van der Waals surface area contributed by atoms with Gasteiger partial charge in [0.25, 0.3) is 0 Å². The molecule has 41 heavy (non-hydrogen) atoms. The van der Waals surface area contributed by atoms with E-state index in [4.69, 9.17) is 0 Å². The minimum atomic E-state index is -0.149. The SMILES string of the molecule is O=C(CC(=O)c1ccc2ccccc2c1)c1ccc2ccccc2c1.c1cc2ccc3cccc4ccc(c1)c2c34. The number of carbonyl (C=O) groups is 2. The Bertz CT molecular complexity index is 2000. The van der Waals surface area contributed by atoms with Crippen molar-refractivity contribution in [3.8, 4) is 0 Å². The molecule has 0 bridgehead atoms. The largest absolute Gasteiger partial charge is 0.294 e. The zero-order chi connectivity index (χ0) is 27.8. The number of hydrogen-bond acceptors (Lipinski definition) is 2. The van der Waals surface area contributed by atoms with E-state index in [1.54, 1.807) is 12.1 Å². The highest BCUT2D eigenvalue weighted by atomic mass is 16.1. The first-order valence-electron chi connectivity index (χ1n) is 13.8. The van der Waals surface area contributed by atoms with Crippen LogP contribution in [-0.4, -0.2) is 11.6 Å². The van der Waals surface area contributed by atoms with Crippen LogP contribution in [0.2, 0.25) is 0 Å². The summed E-state index contributed by atoms with van der Waals surface area (Å²) in [5.41, 5.74) is 1.15. The molecule has 0 atom stereocenters. The van der Waals surface area contributed by atoms with E-state index >= 15 is 0 Å². The molecule has 0 aromatic heterocycles. The molecule has 8 rings (SSSR count). The fraction of sp³-hybridized carbons (Fsp3) is 0.0256. The molecule has 0 aliphatic carbocycles. The van der Waals surface area contributed by atoms with E-state index in [9.17, 15) is 9.59 Å². The average molecular weight is 527 g/mol. The highest BCUT2D eigenvalue weighted by Gasteiger charge is 2.14. The topological polar surface area (TPSA) is 34.1 Å². The lowest BCUT2D eigenvalue weighted by Gasteiger charge is -2.09. The van der Waals surface area contributed by atoms with Gasteiger partial charge < -0.3 is 0 Å². The molecule has 2 heteroatoms. The summed E-state index contributed by atoms with van der Waals surface area (Å²) in [5, 5.41) is 12.3. The Morgan fingerprint density at radius 3 is 1.05 bits per heavy atom. The first kappa shape index (κ1) is 24.7. The average Bonchev–Trinajstić information content (AvgIpc) is 3.03. The second-order valence-electron chi connectivity index (χ2n) is 10.4. The van der Waals surface area contributed by atoms with Crippen molar-refractivity contribution in [2.24, 2.45) is 0 Å². The summed E-state index contributed by atoms with van der Waals surface area (Å²) in [6.45, 7) is 0. The van der Waals surface area contributed by atoms with Gasteiger partial charge in [0.05, 0.1) is 6.42 Å². The van der Waals surface area contributed by atoms with Crippen LogP contribution < -0.4 is 0 Å². The van der Waals surface area contributed by atoms with Gasteiger partial charge in [-0.3, -0.25) is 9.59 Å². The summed E-state index contributed by atoms with van der Waals surface area (Å²) in [6, 6.07) is 48.7. The Hall–Kier alpha value is -5.34. The van der Waals surface area contributed by atoms with Crippen LogP contribution in [0.3, 0.4) is 0 Å². The van der Waals surface area contributed by atoms with Gasteiger partial charge in [0.1, 0.15) is 0 Å². The van der Waals surface area contributed by atoms with E-state index in [1.807, 2.05) is 72.8 Å². The standard InChI is InChI=1S/C23H16O2.C16H10/c24-22(20-11-9-16-5-1-3-7-18(16)13-20)15-23(25)21-12-10-17-6-2-4-8-19(17)14-21;1-3-11-7-9-13-5-2-6-14-10-8-12(4-1)15(11)16(13)14/h1-14H,15H2;1-10H. The first-order valence-corrected chi connectivity index (χ1v) is 13.8. The number of hydrogen-bond donors (Lipinski definition) is 0. The maximum Gasteiger partial charge on any atom is 0.170 e.